The molecule has 1 aromatic rings. The van der Waals surface area contributed by atoms with E-state index in [1.807, 2.05) is 6.92 Å². The van der Waals surface area contributed by atoms with Crippen LogP contribution in [0.15, 0.2) is 34.6 Å². The monoisotopic (exact) mass is 236 g/mol. The third-order valence-electron chi connectivity index (χ3n) is 2.00. The highest BCUT2D eigenvalue weighted by molar-refractivity contribution is 6.47. The van der Waals surface area contributed by atoms with Gasteiger partial charge in [-0.25, -0.2) is 0 Å². The molecule has 0 bridgehead atoms. The van der Waals surface area contributed by atoms with E-state index < -0.39 is 0 Å². The van der Waals surface area contributed by atoms with Gasteiger partial charge >= 0.3 is 0 Å². The van der Waals surface area contributed by atoms with E-state index in [1.165, 1.54) is 7.11 Å². The molecule has 0 radical (unpaired) electrons. The molecule has 0 aromatic heterocycles. The number of nitrogens with zero attached hydrogens (tertiary/aromatic N) is 2. The summed E-state index contributed by atoms with van der Waals surface area (Å²) in [6.07, 6.45) is 0. The molecule has 1 rings (SSSR count). The maximum Gasteiger partial charge on any atom is 0.134 e. The Morgan fingerprint density at radius 1 is 1.24 bits per heavy atom. The summed E-state index contributed by atoms with van der Waals surface area (Å²) in [7, 11) is 1.47. The van der Waals surface area contributed by atoms with E-state index in [4.69, 9.17) is 9.68 Å². The van der Waals surface area contributed by atoms with Crippen molar-refractivity contribution in [3.05, 3.63) is 29.8 Å². The molecule has 0 saturated carbocycles. The van der Waals surface area contributed by atoms with Gasteiger partial charge in [-0.15, -0.1) is 0 Å². The maximum absolute atomic E-state index is 9.23. The van der Waals surface area contributed by atoms with Gasteiger partial charge in [0.15, 0.2) is 0 Å². The summed E-state index contributed by atoms with van der Waals surface area (Å²) in [5.74, 6) is 0.200. The topological polar surface area (TPSA) is 63.4 Å². The van der Waals surface area contributed by atoms with Crippen LogP contribution in [0, 0.1) is 0 Å². The zero-order chi connectivity index (χ0) is 12.7. The summed E-state index contributed by atoms with van der Waals surface area (Å²) in [6, 6.07) is 6.64. The minimum atomic E-state index is 0.200. The Kier molecular flexibility index (Phi) is 5.00. The molecule has 17 heavy (non-hydrogen) atoms. The summed E-state index contributed by atoms with van der Waals surface area (Å²) in [5, 5.41) is 17.0. The van der Waals surface area contributed by atoms with E-state index in [-0.39, 0.29) is 5.75 Å². The number of phenolic OH excluding ortho intramolecular Hbond substituents is 1. The van der Waals surface area contributed by atoms with Crippen molar-refractivity contribution in [3.63, 3.8) is 0 Å². The van der Waals surface area contributed by atoms with Crippen LogP contribution >= 0.6 is 0 Å². The molecule has 0 aliphatic rings. The maximum atomic E-state index is 9.23. The predicted octanol–water partition coefficient (Wildman–Crippen LogP) is 2.16. The second kappa shape index (κ2) is 6.52. The van der Waals surface area contributed by atoms with E-state index in [1.54, 1.807) is 31.2 Å². The number of phenols is 1. The highest BCUT2D eigenvalue weighted by Crippen LogP contribution is 2.11. The lowest BCUT2D eigenvalue weighted by Gasteiger charge is -2.05. The second-order valence-electron chi connectivity index (χ2n) is 3.26. The molecular weight excluding hydrogens is 220 g/mol. The van der Waals surface area contributed by atoms with Crippen LogP contribution in [-0.2, 0) is 9.68 Å². The predicted molar refractivity (Wildman–Crippen MR) is 66.4 cm³/mol. The molecule has 0 aliphatic carbocycles. The summed E-state index contributed by atoms with van der Waals surface area (Å²) >= 11 is 0. The molecule has 0 heterocycles. The van der Waals surface area contributed by atoms with Crippen LogP contribution in [0.1, 0.15) is 19.4 Å². The molecular formula is C12H16N2O3. The Hall–Kier alpha value is -2.04. The first-order valence-electron chi connectivity index (χ1n) is 5.26. The van der Waals surface area contributed by atoms with Crippen LogP contribution < -0.4 is 0 Å². The van der Waals surface area contributed by atoms with Crippen LogP contribution in [0.4, 0.5) is 0 Å². The third-order valence-corrected chi connectivity index (χ3v) is 2.00. The Labute approximate surface area is 100 Å². The molecule has 0 aliphatic heterocycles. The molecule has 92 valence electrons. The molecule has 0 amide bonds. The van der Waals surface area contributed by atoms with Crippen molar-refractivity contribution >= 4 is 11.4 Å². The molecule has 0 unspecified atom stereocenters. The van der Waals surface area contributed by atoms with E-state index in [2.05, 4.69) is 10.3 Å². The quantitative estimate of drug-likeness (QED) is 0.629. The Bertz CT molecular complexity index is 410. The van der Waals surface area contributed by atoms with Crippen molar-refractivity contribution in [2.45, 2.75) is 13.8 Å². The SMILES string of the molecule is CCON=C(C(C)=NOC)c1ccc(O)cc1. The first-order chi connectivity index (χ1) is 8.19. The number of oxime groups is 2. The standard InChI is InChI=1S/C12H16N2O3/c1-4-17-14-12(9(2)13-16-3)10-5-7-11(15)8-6-10/h5-8,15H,4H2,1-3H3. The zero-order valence-corrected chi connectivity index (χ0v) is 10.2. The highest BCUT2D eigenvalue weighted by atomic mass is 16.6. The molecule has 5 nitrogen and oxygen atoms in total. The van der Waals surface area contributed by atoms with Gasteiger partial charge in [0, 0.05) is 5.56 Å². The van der Waals surface area contributed by atoms with Crippen LogP contribution in [-0.4, -0.2) is 30.2 Å². The Morgan fingerprint density at radius 3 is 2.41 bits per heavy atom. The first-order valence-corrected chi connectivity index (χ1v) is 5.26. The molecule has 0 fully saturated rings. The second-order valence-corrected chi connectivity index (χ2v) is 3.26. The lowest BCUT2D eigenvalue weighted by molar-refractivity contribution is 0.159. The average molecular weight is 236 g/mol. The van der Waals surface area contributed by atoms with Crippen molar-refractivity contribution in [1.29, 1.82) is 0 Å². The molecule has 0 saturated heterocycles. The third kappa shape index (κ3) is 3.79. The lowest BCUT2D eigenvalue weighted by Crippen LogP contribution is -2.13. The van der Waals surface area contributed by atoms with Gasteiger partial charge in [0.1, 0.15) is 30.9 Å². The Balaban J connectivity index is 3.06. The number of hydrogen-bond acceptors (Lipinski definition) is 5. The van der Waals surface area contributed by atoms with Gasteiger partial charge < -0.3 is 14.8 Å². The Morgan fingerprint density at radius 2 is 1.88 bits per heavy atom. The molecule has 1 aromatic carbocycles. The largest absolute Gasteiger partial charge is 0.508 e. The summed E-state index contributed by atoms with van der Waals surface area (Å²) in [5.41, 5.74) is 1.98. The van der Waals surface area contributed by atoms with Crippen molar-refractivity contribution in [2.75, 3.05) is 13.7 Å². The summed E-state index contributed by atoms with van der Waals surface area (Å²) in [6.45, 7) is 4.09. The van der Waals surface area contributed by atoms with Crippen molar-refractivity contribution in [2.24, 2.45) is 10.3 Å². The minimum absolute atomic E-state index is 0.200. The number of hydrogen-bond donors (Lipinski definition) is 1. The molecule has 0 spiro atoms. The van der Waals surface area contributed by atoms with Crippen LogP contribution in [0.5, 0.6) is 5.75 Å². The summed E-state index contributed by atoms with van der Waals surface area (Å²) < 4.78 is 0. The van der Waals surface area contributed by atoms with Gasteiger partial charge in [0.25, 0.3) is 0 Å². The van der Waals surface area contributed by atoms with Crippen LogP contribution in [0.3, 0.4) is 0 Å². The van der Waals surface area contributed by atoms with Gasteiger partial charge in [0.05, 0.1) is 0 Å². The zero-order valence-electron chi connectivity index (χ0n) is 10.2. The average Bonchev–Trinajstić information content (AvgIpc) is 2.32. The fraction of sp³-hybridized carbons (Fsp3) is 0.333. The minimum Gasteiger partial charge on any atom is -0.508 e. The van der Waals surface area contributed by atoms with Crippen molar-refractivity contribution in [3.8, 4) is 5.75 Å². The highest BCUT2D eigenvalue weighted by Gasteiger charge is 2.09. The first kappa shape index (κ1) is 13.0. The number of benzene rings is 1. The molecule has 0 atom stereocenters. The van der Waals surface area contributed by atoms with Gasteiger partial charge in [-0.3, -0.25) is 0 Å². The van der Waals surface area contributed by atoms with Gasteiger partial charge in [-0.1, -0.05) is 10.3 Å². The van der Waals surface area contributed by atoms with Crippen molar-refractivity contribution < 1.29 is 14.8 Å². The van der Waals surface area contributed by atoms with Gasteiger partial charge in [-0.05, 0) is 38.1 Å². The number of aromatic hydroxyl groups is 1. The fourth-order valence-electron chi connectivity index (χ4n) is 1.26. The van der Waals surface area contributed by atoms with E-state index in [9.17, 15) is 5.11 Å². The van der Waals surface area contributed by atoms with Gasteiger partial charge in [0.2, 0.25) is 0 Å². The van der Waals surface area contributed by atoms with E-state index >= 15 is 0 Å². The lowest BCUT2D eigenvalue weighted by atomic mass is 10.1. The number of rotatable bonds is 5. The normalized spacial score (nSPS) is 12.4. The summed E-state index contributed by atoms with van der Waals surface area (Å²) in [4.78, 5) is 9.75. The molecule has 1 N–H and O–H groups in total. The molecule has 5 heteroatoms. The van der Waals surface area contributed by atoms with Crippen LogP contribution in [0.25, 0.3) is 0 Å². The smallest absolute Gasteiger partial charge is 0.134 e. The van der Waals surface area contributed by atoms with Crippen molar-refractivity contribution in [1.82, 2.24) is 0 Å². The fourth-order valence-corrected chi connectivity index (χ4v) is 1.26. The van der Waals surface area contributed by atoms with E-state index in [0.29, 0.717) is 18.0 Å². The van der Waals surface area contributed by atoms with Gasteiger partial charge in [-0.2, -0.15) is 0 Å². The van der Waals surface area contributed by atoms with Crippen LogP contribution in [0.2, 0.25) is 0 Å². The van der Waals surface area contributed by atoms with E-state index in [0.717, 1.165) is 5.56 Å².